The topological polar surface area (TPSA) is 26.0 Å². The first-order valence-electron chi connectivity index (χ1n) is 17.5. The van der Waals surface area contributed by atoms with Crippen LogP contribution in [-0.2, 0) is 0 Å². The minimum absolute atomic E-state index is 0. The molecule has 0 bridgehead atoms. The Hall–Kier alpha value is -0.940. The van der Waals surface area contributed by atoms with Gasteiger partial charge in [0.05, 0.1) is 6.93 Å². The van der Waals surface area contributed by atoms with E-state index in [9.17, 15) is 1.37 Å². The van der Waals surface area contributed by atoms with Crippen molar-refractivity contribution in [3.8, 4) is 0 Å². The minimum Gasteiger partial charge on any atom is -1.00 e. The predicted octanol–water partition coefficient (Wildman–Crippen LogP) is 8.22. The number of hydrogen-bond donors (Lipinski definition) is 2. The molecule has 0 aliphatic heterocycles. The lowest BCUT2D eigenvalue weighted by atomic mass is 9.71. The van der Waals surface area contributed by atoms with E-state index in [2.05, 4.69) is 162 Å². The molecule has 0 spiro atoms. The highest BCUT2D eigenvalue weighted by Gasteiger charge is 2.33. The summed E-state index contributed by atoms with van der Waals surface area (Å²) < 4.78 is 9.50. The van der Waals surface area contributed by atoms with Gasteiger partial charge < -0.3 is 29.3 Å². The van der Waals surface area contributed by atoms with Gasteiger partial charge in [-0.25, -0.2) is 4.99 Å². The molecule has 2 nitrogen and oxygen atoms in total. The van der Waals surface area contributed by atoms with Crippen LogP contribution in [0.2, 0.25) is 0 Å². The molecule has 5 heteroatoms. The standard InChI is InChI=1S/C41H52N2.I2.HI/c1-40(2,3)30-17-21-32(22-18-30)42-38-25-15-28(34-11-7-9-13-36(34)38)27-29-16-26-39(37-14-10-8-12-35(29)37)43-33-23-19-31(20-24-33)41(4,5)6;1-2;/h7-16,25-27,30-33,42H,17-24H2,1-6H3;;1H/b29-27-,43-39?;;/i27D;;. The van der Waals surface area contributed by atoms with Crippen LogP contribution in [0.15, 0.2) is 72.8 Å². The Morgan fingerprint density at radius 2 is 1.24 bits per heavy atom. The van der Waals surface area contributed by atoms with Crippen molar-refractivity contribution in [2.75, 3.05) is 5.32 Å². The van der Waals surface area contributed by atoms with Gasteiger partial charge in [-0.05, 0) is 108 Å². The SMILES string of the molecule is II.[2H]/C(=C1\C=CC(=[NH+]C2CCC(C(C)(C)C)CC2)c2ccccc21)c1ccc(NC2CCC(C(C)(C)C)CC2)c2ccccc12.[I-]. The molecule has 0 heterocycles. The average molecular weight is 956 g/mol. The molecule has 0 saturated heterocycles. The van der Waals surface area contributed by atoms with Crippen molar-refractivity contribution in [1.29, 1.82) is 0 Å². The van der Waals surface area contributed by atoms with E-state index in [0.717, 1.165) is 33.9 Å². The second kappa shape index (κ2) is 16.6. The molecule has 248 valence electrons. The molecule has 2 N–H and O–H groups in total. The van der Waals surface area contributed by atoms with E-state index in [4.69, 9.17) is 0 Å². The number of halogens is 3. The Balaban J connectivity index is 0.00000164. The molecule has 3 aliphatic carbocycles. The molecular weight excluding hydrogens is 901 g/mol. The fourth-order valence-corrected chi connectivity index (χ4v) is 7.86. The van der Waals surface area contributed by atoms with E-state index in [1.807, 2.05) is 0 Å². The summed E-state index contributed by atoms with van der Waals surface area (Å²) in [6.07, 6.45) is 14.4. The number of anilines is 1. The van der Waals surface area contributed by atoms with Crippen LogP contribution in [0.5, 0.6) is 0 Å². The van der Waals surface area contributed by atoms with E-state index in [1.54, 1.807) is 0 Å². The molecule has 0 aromatic heterocycles. The van der Waals surface area contributed by atoms with Crippen molar-refractivity contribution in [3.63, 3.8) is 0 Å². The molecule has 0 amide bonds. The predicted molar refractivity (Wildman–Crippen MR) is 215 cm³/mol. The zero-order chi connectivity index (χ0) is 33.1. The van der Waals surface area contributed by atoms with Crippen LogP contribution in [0.4, 0.5) is 5.69 Å². The van der Waals surface area contributed by atoms with E-state index in [-0.39, 0.29) is 24.0 Å². The summed E-state index contributed by atoms with van der Waals surface area (Å²) in [4.78, 5) is 3.91. The Bertz CT molecular complexity index is 1590. The van der Waals surface area contributed by atoms with Gasteiger partial charge in [0.2, 0.25) is 5.71 Å². The first-order valence-corrected chi connectivity index (χ1v) is 23.3. The zero-order valence-corrected chi connectivity index (χ0v) is 35.0. The fraction of sp³-hybridized carbons (Fsp3) is 0.488. The second-order valence-electron chi connectivity index (χ2n) is 15.7. The Morgan fingerprint density at radius 1 is 0.696 bits per heavy atom. The molecule has 6 rings (SSSR count). The first kappa shape index (κ1) is 36.3. The van der Waals surface area contributed by atoms with Gasteiger partial charge in [0, 0.05) is 73.3 Å². The minimum atomic E-state index is 0. The van der Waals surface area contributed by atoms with Crippen LogP contribution in [-0.4, -0.2) is 17.8 Å². The number of hydrogen-bond acceptors (Lipinski definition) is 1. The smallest absolute Gasteiger partial charge is 0.206 e. The Labute approximate surface area is 320 Å². The van der Waals surface area contributed by atoms with Crippen LogP contribution in [0.3, 0.4) is 0 Å². The summed E-state index contributed by atoms with van der Waals surface area (Å²) in [5.41, 5.74) is 7.52. The average Bonchev–Trinajstić information content (AvgIpc) is 3.05. The molecule has 3 aliphatic rings. The van der Waals surface area contributed by atoms with E-state index < -0.39 is 0 Å². The molecule has 3 aromatic carbocycles. The highest BCUT2D eigenvalue weighted by molar-refractivity contribution is 15.0. The quantitative estimate of drug-likeness (QED) is 0.254. The maximum atomic E-state index is 9.50. The number of benzene rings is 3. The van der Waals surface area contributed by atoms with Crippen LogP contribution < -0.4 is 34.3 Å². The number of allylic oxidation sites excluding steroid dienone is 3. The summed E-state index contributed by atoms with van der Waals surface area (Å²) in [6.45, 7) is 14.3. The Morgan fingerprint density at radius 3 is 1.85 bits per heavy atom. The van der Waals surface area contributed by atoms with Gasteiger partial charge in [-0.3, -0.25) is 0 Å². The number of fused-ring (bicyclic) bond motifs is 2. The highest BCUT2D eigenvalue weighted by Crippen LogP contribution is 2.40. The fourth-order valence-electron chi connectivity index (χ4n) is 7.86. The van der Waals surface area contributed by atoms with Crippen molar-refractivity contribution >= 4 is 71.0 Å². The second-order valence-corrected chi connectivity index (χ2v) is 15.7. The summed E-state index contributed by atoms with van der Waals surface area (Å²) >= 11 is 4.24. The molecule has 46 heavy (non-hydrogen) atoms. The normalized spacial score (nSPS) is 25.5. The third kappa shape index (κ3) is 9.19. The molecule has 3 aromatic rings. The van der Waals surface area contributed by atoms with E-state index in [0.29, 0.717) is 29.0 Å². The number of nitrogens with one attached hydrogen (secondary N) is 2. The monoisotopic (exact) mass is 955 g/mol. The van der Waals surface area contributed by atoms with Crippen molar-refractivity contribution in [2.45, 2.75) is 105 Å². The first-order chi connectivity index (χ1) is 22.0. The maximum Gasteiger partial charge on any atom is 0.206 e. The molecule has 0 unspecified atom stereocenters. The summed E-state index contributed by atoms with van der Waals surface area (Å²) in [6, 6.07) is 23.3. The molecule has 2 saturated carbocycles. The molecule has 0 radical (unpaired) electrons. The van der Waals surface area contributed by atoms with Gasteiger partial charge in [0.25, 0.3) is 0 Å². The maximum absolute atomic E-state index is 9.50. The van der Waals surface area contributed by atoms with Crippen LogP contribution in [0, 0.1) is 22.7 Å². The highest BCUT2D eigenvalue weighted by atomic mass is 128. The Kier molecular flexibility index (Phi) is 13.1. The summed E-state index contributed by atoms with van der Waals surface area (Å²) in [5.74, 6) is 1.61. The number of rotatable bonds is 4. The third-order valence-electron chi connectivity index (χ3n) is 10.7. The molecule has 2 fully saturated rings. The van der Waals surface area contributed by atoms with Gasteiger partial charge in [-0.2, -0.15) is 0 Å². The van der Waals surface area contributed by atoms with E-state index >= 15 is 0 Å². The largest absolute Gasteiger partial charge is 1.00 e. The van der Waals surface area contributed by atoms with Crippen molar-refractivity contribution in [2.24, 2.45) is 22.7 Å². The lowest BCUT2D eigenvalue weighted by Crippen LogP contribution is -3.00. The van der Waals surface area contributed by atoms with E-state index in [1.165, 1.54) is 73.7 Å². The van der Waals surface area contributed by atoms with Gasteiger partial charge >= 0.3 is 0 Å². The summed E-state index contributed by atoms with van der Waals surface area (Å²) in [7, 11) is 0. The molecular formula is C41H53I3N2. The van der Waals surface area contributed by atoms with Gasteiger partial charge in [0.15, 0.2) is 6.04 Å². The van der Waals surface area contributed by atoms with Gasteiger partial charge in [-0.1, -0.05) is 90.1 Å². The molecule has 0 atom stereocenters. The van der Waals surface area contributed by atoms with Gasteiger partial charge in [-0.15, -0.1) is 0 Å². The lowest BCUT2D eigenvalue weighted by Gasteiger charge is -2.37. The van der Waals surface area contributed by atoms with Gasteiger partial charge in [0.1, 0.15) is 0 Å². The zero-order valence-electron chi connectivity index (χ0n) is 29.5. The van der Waals surface area contributed by atoms with Crippen LogP contribution in [0.1, 0.15) is 111 Å². The summed E-state index contributed by atoms with van der Waals surface area (Å²) in [5, 5.41) is 6.27. The van der Waals surface area contributed by atoms with Crippen LogP contribution in [0.25, 0.3) is 22.4 Å². The lowest BCUT2D eigenvalue weighted by molar-refractivity contribution is -0.507. The third-order valence-corrected chi connectivity index (χ3v) is 10.7. The van der Waals surface area contributed by atoms with Crippen LogP contribution >= 0.6 is 37.2 Å². The van der Waals surface area contributed by atoms with Crippen molar-refractivity contribution in [1.82, 2.24) is 0 Å². The van der Waals surface area contributed by atoms with Crippen molar-refractivity contribution < 1.29 is 30.3 Å². The van der Waals surface area contributed by atoms with Crippen molar-refractivity contribution in [3.05, 3.63) is 89.5 Å².